The smallest absolute Gasteiger partial charge is 0.289 e. The summed E-state index contributed by atoms with van der Waals surface area (Å²) in [5, 5.41) is 0. The maximum absolute atomic E-state index is 12.7. The number of carbonyl (C=O) groups is 2. The van der Waals surface area contributed by atoms with Crippen molar-refractivity contribution in [2.75, 3.05) is 70.9 Å². The molecule has 2 aliphatic heterocycles. The van der Waals surface area contributed by atoms with E-state index in [1.54, 1.807) is 24.1 Å². The first-order valence-electron chi connectivity index (χ1n) is 10.4. The highest BCUT2D eigenvalue weighted by Gasteiger charge is 2.27. The molecule has 8 nitrogen and oxygen atoms in total. The molecule has 0 saturated carbocycles. The predicted octanol–water partition coefficient (Wildman–Crippen LogP) is 1.39. The molecule has 0 unspecified atom stereocenters. The molecule has 0 bridgehead atoms. The molecule has 160 valence electrons. The Morgan fingerprint density at radius 1 is 0.900 bits per heavy atom. The Labute approximate surface area is 176 Å². The lowest BCUT2D eigenvalue weighted by molar-refractivity contribution is -0.133. The molecule has 0 atom stereocenters. The fourth-order valence-corrected chi connectivity index (χ4v) is 3.96. The molecular formula is C22H28N4O4. The van der Waals surface area contributed by atoms with Crippen molar-refractivity contribution in [1.82, 2.24) is 14.7 Å². The number of rotatable bonds is 5. The number of nitrogens with zero attached hydrogens (tertiary/aromatic N) is 4. The second kappa shape index (κ2) is 9.21. The minimum Gasteiger partial charge on any atom is -0.497 e. The van der Waals surface area contributed by atoms with Crippen LogP contribution >= 0.6 is 0 Å². The highest BCUT2D eigenvalue weighted by molar-refractivity contribution is 5.91. The van der Waals surface area contributed by atoms with E-state index >= 15 is 0 Å². The van der Waals surface area contributed by atoms with Gasteiger partial charge in [-0.2, -0.15) is 0 Å². The average molecular weight is 412 g/mol. The monoisotopic (exact) mass is 412 g/mol. The lowest BCUT2D eigenvalue weighted by Gasteiger charge is -2.38. The van der Waals surface area contributed by atoms with Gasteiger partial charge in [-0.25, -0.2) is 0 Å². The van der Waals surface area contributed by atoms with Gasteiger partial charge in [-0.15, -0.1) is 0 Å². The Balaban J connectivity index is 1.21. The summed E-state index contributed by atoms with van der Waals surface area (Å²) in [7, 11) is 1.66. The first-order chi connectivity index (χ1) is 14.6. The molecule has 0 spiro atoms. The van der Waals surface area contributed by atoms with Crippen LogP contribution in [-0.4, -0.2) is 92.5 Å². The Hall–Kier alpha value is -3.00. The molecule has 3 heterocycles. The number of methoxy groups -OCH3 is 1. The van der Waals surface area contributed by atoms with Gasteiger partial charge in [0.15, 0.2) is 5.76 Å². The van der Waals surface area contributed by atoms with Crippen molar-refractivity contribution < 1.29 is 18.7 Å². The maximum atomic E-state index is 12.7. The number of hydrogen-bond acceptors (Lipinski definition) is 6. The van der Waals surface area contributed by atoms with E-state index in [0.717, 1.165) is 37.6 Å². The van der Waals surface area contributed by atoms with Gasteiger partial charge < -0.3 is 23.9 Å². The van der Waals surface area contributed by atoms with E-state index in [2.05, 4.69) is 21.9 Å². The first-order valence-corrected chi connectivity index (χ1v) is 10.4. The molecule has 30 heavy (non-hydrogen) atoms. The van der Waals surface area contributed by atoms with E-state index in [9.17, 15) is 9.59 Å². The number of amides is 2. The van der Waals surface area contributed by atoms with E-state index in [1.807, 2.05) is 17.0 Å². The number of furan rings is 1. The SMILES string of the molecule is COc1ccc(N2CCN(C(=O)CN3CCN(C(=O)c4ccco4)CC3)CC2)cc1. The van der Waals surface area contributed by atoms with Crippen LogP contribution in [0.15, 0.2) is 47.1 Å². The fourth-order valence-electron chi connectivity index (χ4n) is 3.96. The zero-order valence-electron chi connectivity index (χ0n) is 17.3. The summed E-state index contributed by atoms with van der Waals surface area (Å²) < 4.78 is 10.4. The van der Waals surface area contributed by atoms with Gasteiger partial charge >= 0.3 is 0 Å². The van der Waals surface area contributed by atoms with E-state index in [-0.39, 0.29) is 11.8 Å². The molecule has 1 aromatic heterocycles. The number of carbonyl (C=O) groups excluding carboxylic acids is 2. The summed E-state index contributed by atoms with van der Waals surface area (Å²) in [6, 6.07) is 11.4. The van der Waals surface area contributed by atoms with Crippen LogP contribution in [0, 0.1) is 0 Å². The highest BCUT2D eigenvalue weighted by Crippen LogP contribution is 2.20. The van der Waals surface area contributed by atoms with Gasteiger partial charge in [-0.05, 0) is 36.4 Å². The minimum absolute atomic E-state index is 0.0827. The lowest BCUT2D eigenvalue weighted by atomic mass is 10.2. The normalized spacial score (nSPS) is 17.8. The van der Waals surface area contributed by atoms with Gasteiger partial charge in [0, 0.05) is 58.0 Å². The minimum atomic E-state index is -0.0827. The number of hydrogen-bond donors (Lipinski definition) is 0. The zero-order valence-corrected chi connectivity index (χ0v) is 17.3. The molecule has 2 amide bonds. The quantitative estimate of drug-likeness (QED) is 0.739. The standard InChI is InChI=1S/C22H28N4O4/c1-29-19-6-4-18(5-7-19)24-12-14-25(15-13-24)21(27)17-23-8-10-26(11-9-23)22(28)20-3-2-16-30-20/h2-7,16H,8-15,17H2,1H3. The maximum Gasteiger partial charge on any atom is 0.289 e. The molecule has 2 aromatic rings. The molecular weight excluding hydrogens is 384 g/mol. The number of benzene rings is 1. The third-order valence-electron chi connectivity index (χ3n) is 5.82. The second-order valence-corrected chi connectivity index (χ2v) is 7.61. The summed E-state index contributed by atoms with van der Waals surface area (Å²) in [6.07, 6.45) is 1.51. The number of piperazine rings is 2. The van der Waals surface area contributed by atoms with Gasteiger partial charge in [0.1, 0.15) is 5.75 Å². The Morgan fingerprint density at radius 3 is 2.17 bits per heavy atom. The molecule has 0 N–H and O–H groups in total. The van der Waals surface area contributed by atoms with E-state index in [0.29, 0.717) is 38.5 Å². The van der Waals surface area contributed by atoms with Crippen LogP contribution in [0.25, 0.3) is 0 Å². The van der Waals surface area contributed by atoms with Crippen LogP contribution in [0.3, 0.4) is 0 Å². The van der Waals surface area contributed by atoms with Crippen molar-refractivity contribution >= 4 is 17.5 Å². The average Bonchev–Trinajstić information content (AvgIpc) is 3.34. The van der Waals surface area contributed by atoms with Crippen molar-refractivity contribution in [2.24, 2.45) is 0 Å². The third kappa shape index (κ3) is 4.59. The van der Waals surface area contributed by atoms with Crippen molar-refractivity contribution in [3.05, 3.63) is 48.4 Å². The fraction of sp³-hybridized carbons (Fsp3) is 0.455. The van der Waals surface area contributed by atoms with Gasteiger partial charge in [-0.1, -0.05) is 0 Å². The van der Waals surface area contributed by atoms with Gasteiger partial charge in [0.2, 0.25) is 5.91 Å². The molecule has 8 heteroatoms. The van der Waals surface area contributed by atoms with Gasteiger partial charge in [0.05, 0.1) is 19.9 Å². The van der Waals surface area contributed by atoms with Crippen LogP contribution in [-0.2, 0) is 4.79 Å². The van der Waals surface area contributed by atoms with Crippen LogP contribution in [0.4, 0.5) is 5.69 Å². The van der Waals surface area contributed by atoms with Crippen LogP contribution in [0.5, 0.6) is 5.75 Å². The Bertz CT molecular complexity index is 837. The van der Waals surface area contributed by atoms with Crippen molar-refractivity contribution in [3.8, 4) is 5.75 Å². The highest BCUT2D eigenvalue weighted by atomic mass is 16.5. The van der Waals surface area contributed by atoms with Crippen LogP contribution < -0.4 is 9.64 Å². The Kier molecular flexibility index (Phi) is 6.23. The number of ether oxygens (including phenoxy) is 1. The summed E-state index contributed by atoms with van der Waals surface area (Å²) in [5.74, 6) is 1.30. The second-order valence-electron chi connectivity index (χ2n) is 7.61. The lowest BCUT2D eigenvalue weighted by Crippen LogP contribution is -2.54. The largest absolute Gasteiger partial charge is 0.497 e. The van der Waals surface area contributed by atoms with E-state index in [1.165, 1.54) is 6.26 Å². The summed E-state index contributed by atoms with van der Waals surface area (Å²) in [6.45, 7) is 6.12. The first kappa shape index (κ1) is 20.3. The van der Waals surface area contributed by atoms with Crippen LogP contribution in [0.1, 0.15) is 10.6 Å². The van der Waals surface area contributed by atoms with Crippen molar-refractivity contribution in [1.29, 1.82) is 0 Å². The van der Waals surface area contributed by atoms with E-state index in [4.69, 9.17) is 9.15 Å². The molecule has 0 aliphatic carbocycles. The van der Waals surface area contributed by atoms with Gasteiger partial charge in [-0.3, -0.25) is 14.5 Å². The molecule has 0 radical (unpaired) electrons. The summed E-state index contributed by atoms with van der Waals surface area (Å²) in [4.78, 5) is 33.2. The van der Waals surface area contributed by atoms with Crippen LogP contribution in [0.2, 0.25) is 0 Å². The third-order valence-corrected chi connectivity index (χ3v) is 5.82. The summed E-state index contributed by atoms with van der Waals surface area (Å²) in [5.41, 5.74) is 1.15. The van der Waals surface area contributed by atoms with Crippen molar-refractivity contribution in [3.63, 3.8) is 0 Å². The van der Waals surface area contributed by atoms with Crippen molar-refractivity contribution in [2.45, 2.75) is 0 Å². The molecule has 2 saturated heterocycles. The molecule has 4 rings (SSSR count). The Morgan fingerprint density at radius 2 is 1.57 bits per heavy atom. The summed E-state index contributed by atoms with van der Waals surface area (Å²) >= 11 is 0. The molecule has 1 aromatic carbocycles. The van der Waals surface area contributed by atoms with E-state index < -0.39 is 0 Å². The topological polar surface area (TPSA) is 69.5 Å². The molecule has 2 aliphatic rings. The zero-order chi connectivity index (χ0) is 20.9. The molecule has 2 fully saturated rings. The predicted molar refractivity (Wildman–Crippen MR) is 113 cm³/mol. The van der Waals surface area contributed by atoms with Gasteiger partial charge in [0.25, 0.3) is 5.91 Å². The number of anilines is 1.